The van der Waals surface area contributed by atoms with Crippen LogP contribution in [0.4, 0.5) is 0 Å². The quantitative estimate of drug-likeness (QED) is 0.680. The van der Waals surface area contributed by atoms with Crippen molar-refractivity contribution in [2.75, 3.05) is 26.2 Å². The number of pyridine rings is 1. The van der Waals surface area contributed by atoms with Crippen LogP contribution in [-0.2, 0) is 4.79 Å². The minimum Gasteiger partial charge on any atom is -0.341 e. The summed E-state index contributed by atoms with van der Waals surface area (Å²) < 4.78 is 1.64. The number of nitrogens with zero attached hydrogens (tertiary/aromatic N) is 6. The van der Waals surface area contributed by atoms with Gasteiger partial charge in [-0.2, -0.15) is 0 Å². The number of aromatic nitrogens is 4. The third-order valence-electron chi connectivity index (χ3n) is 5.25. The van der Waals surface area contributed by atoms with Crippen molar-refractivity contribution >= 4 is 22.7 Å². The smallest absolute Gasteiger partial charge is 0.276 e. The fraction of sp³-hybridized carbons (Fsp3) is 0.381. The van der Waals surface area contributed by atoms with E-state index in [9.17, 15) is 9.59 Å². The Morgan fingerprint density at radius 1 is 1.17 bits per heavy atom. The van der Waals surface area contributed by atoms with E-state index in [1.807, 2.05) is 49.1 Å². The van der Waals surface area contributed by atoms with Gasteiger partial charge in [-0.05, 0) is 31.9 Å². The van der Waals surface area contributed by atoms with Gasteiger partial charge in [0.1, 0.15) is 6.54 Å². The van der Waals surface area contributed by atoms with Gasteiger partial charge in [-0.15, -0.1) is 5.10 Å². The first kappa shape index (κ1) is 19.0. The molecule has 0 saturated carbocycles. The third kappa shape index (κ3) is 3.57. The zero-order valence-corrected chi connectivity index (χ0v) is 16.7. The van der Waals surface area contributed by atoms with Crippen LogP contribution < -0.4 is 0 Å². The molecule has 0 bridgehead atoms. The van der Waals surface area contributed by atoms with Gasteiger partial charge in [-0.1, -0.05) is 30.3 Å². The Balaban J connectivity index is 1.63. The zero-order valence-electron chi connectivity index (χ0n) is 16.7. The average Bonchev–Trinajstić information content (AvgIpc) is 3.02. The van der Waals surface area contributed by atoms with E-state index in [0.717, 1.165) is 36.0 Å². The number of hydrogen-bond donors (Lipinski definition) is 0. The van der Waals surface area contributed by atoms with Gasteiger partial charge < -0.3 is 9.80 Å². The maximum Gasteiger partial charge on any atom is 0.276 e. The number of rotatable bonds is 4. The van der Waals surface area contributed by atoms with Crippen molar-refractivity contribution in [2.24, 2.45) is 0 Å². The molecule has 8 nitrogen and oxygen atoms in total. The number of hydrogen-bond acceptors (Lipinski definition) is 5. The van der Waals surface area contributed by atoms with Gasteiger partial charge in [0.05, 0.1) is 16.9 Å². The molecule has 150 valence electrons. The molecule has 0 unspecified atom stereocenters. The van der Waals surface area contributed by atoms with Crippen molar-refractivity contribution in [1.29, 1.82) is 0 Å². The fourth-order valence-corrected chi connectivity index (χ4v) is 3.76. The summed E-state index contributed by atoms with van der Waals surface area (Å²) in [5.74, 6) is -0.269. The van der Waals surface area contributed by atoms with Gasteiger partial charge in [0.25, 0.3) is 5.91 Å². The average molecular weight is 392 g/mol. The predicted octanol–water partition coefficient (Wildman–Crippen LogP) is 2.21. The number of benzene rings is 1. The molecular weight excluding hydrogens is 368 g/mol. The van der Waals surface area contributed by atoms with Crippen LogP contribution in [0.5, 0.6) is 0 Å². The maximum atomic E-state index is 13.1. The molecule has 0 N–H and O–H groups in total. The van der Waals surface area contributed by atoms with E-state index in [2.05, 4.69) is 15.3 Å². The highest BCUT2D eigenvalue weighted by atomic mass is 16.2. The first-order valence-corrected chi connectivity index (χ1v) is 9.93. The lowest BCUT2D eigenvalue weighted by atomic mass is 10.2. The van der Waals surface area contributed by atoms with Crippen LogP contribution in [0.1, 0.15) is 35.9 Å². The number of amides is 2. The number of para-hydroxylation sites is 1. The summed E-state index contributed by atoms with van der Waals surface area (Å²) in [5, 5.41) is 9.36. The molecule has 1 saturated heterocycles. The topological polar surface area (TPSA) is 84.2 Å². The van der Waals surface area contributed by atoms with Crippen LogP contribution in [0.2, 0.25) is 0 Å². The standard InChI is InChI=1S/C21H24N6O2/c1-3-11-25-12-6-13-26(14-18(25)28)21(29)19-15(2)27(24-23-19)17-9-4-7-16-8-5-10-22-20(16)17/h4-5,7-10H,3,6,11-14H2,1-2H3. The van der Waals surface area contributed by atoms with Crippen LogP contribution in [0, 0.1) is 6.92 Å². The van der Waals surface area contributed by atoms with Gasteiger partial charge in [-0.3, -0.25) is 14.6 Å². The Hall–Kier alpha value is -3.29. The highest BCUT2D eigenvalue weighted by Crippen LogP contribution is 2.22. The Kier molecular flexibility index (Phi) is 5.24. The molecule has 0 atom stereocenters. The van der Waals surface area contributed by atoms with Crippen LogP contribution >= 0.6 is 0 Å². The first-order valence-electron chi connectivity index (χ1n) is 9.93. The van der Waals surface area contributed by atoms with E-state index >= 15 is 0 Å². The molecule has 8 heteroatoms. The Bertz CT molecular complexity index is 1060. The van der Waals surface area contributed by atoms with Crippen molar-refractivity contribution in [3.8, 4) is 5.69 Å². The molecule has 1 fully saturated rings. The predicted molar refractivity (Wildman–Crippen MR) is 109 cm³/mol. The van der Waals surface area contributed by atoms with E-state index in [-0.39, 0.29) is 24.1 Å². The first-order chi connectivity index (χ1) is 14.1. The van der Waals surface area contributed by atoms with Gasteiger partial charge in [0.2, 0.25) is 5.91 Å². The molecule has 0 radical (unpaired) electrons. The van der Waals surface area contributed by atoms with Crippen molar-refractivity contribution in [2.45, 2.75) is 26.7 Å². The van der Waals surface area contributed by atoms with Crippen molar-refractivity contribution in [3.05, 3.63) is 47.9 Å². The Morgan fingerprint density at radius 3 is 2.83 bits per heavy atom. The second kappa shape index (κ2) is 7.98. The summed E-state index contributed by atoms with van der Waals surface area (Å²) in [6.07, 6.45) is 3.40. The normalized spacial score (nSPS) is 15.0. The van der Waals surface area contributed by atoms with E-state index in [4.69, 9.17) is 0 Å². The molecule has 1 aliphatic heterocycles. The van der Waals surface area contributed by atoms with Crippen LogP contribution in [0.3, 0.4) is 0 Å². The maximum absolute atomic E-state index is 13.1. The number of carbonyl (C=O) groups is 2. The highest BCUT2D eigenvalue weighted by molar-refractivity contribution is 5.96. The SMILES string of the molecule is CCCN1CCCN(C(=O)c2nnn(-c3cccc4cccnc34)c2C)CC1=O. The molecule has 1 aliphatic rings. The lowest BCUT2D eigenvalue weighted by molar-refractivity contribution is -0.130. The second-order valence-electron chi connectivity index (χ2n) is 7.25. The largest absolute Gasteiger partial charge is 0.341 e. The summed E-state index contributed by atoms with van der Waals surface area (Å²) in [6.45, 7) is 5.89. The molecule has 3 heterocycles. The minimum atomic E-state index is -0.256. The highest BCUT2D eigenvalue weighted by Gasteiger charge is 2.28. The molecule has 2 aromatic heterocycles. The monoisotopic (exact) mass is 392 g/mol. The van der Waals surface area contributed by atoms with Crippen molar-refractivity contribution < 1.29 is 9.59 Å². The van der Waals surface area contributed by atoms with Gasteiger partial charge in [0.15, 0.2) is 5.69 Å². The Morgan fingerprint density at radius 2 is 2.00 bits per heavy atom. The summed E-state index contributed by atoms with van der Waals surface area (Å²) >= 11 is 0. The molecule has 0 aliphatic carbocycles. The summed E-state index contributed by atoms with van der Waals surface area (Å²) in [7, 11) is 0. The summed E-state index contributed by atoms with van der Waals surface area (Å²) in [4.78, 5) is 33.5. The third-order valence-corrected chi connectivity index (χ3v) is 5.25. The molecular formula is C21H24N6O2. The number of carbonyl (C=O) groups excluding carboxylic acids is 2. The lowest BCUT2D eigenvalue weighted by Gasteiger charge is -2.21. The van der Waals surface area contributed by atoms with Crippen molar-refractivity contribution in [1.82, 2.24) is 29.8 Å². The number of fused-ring (bicyclic) bond motifs is 1. The molecule has 29 heavy (non-hydrogen) atoms. The fourth-order valence-electron chi connectivity index (χ4n) is 3.76. The Labute approximate surface area is 169 Å². The van der Waals surface area contributed by atoms with Crippen LogP contribution in [0.15, 0.2) is 36.5 Å². The van der Waals surface area contributed by atoms with E-state index < -0.39 is 0 Å². The molecule has 1 aromatic carbocycles. The van der Waals surface area contributed by atoms with E-state index in [1.165, 1.54) is 0 Å². The van der Waals surface area contributed by atoms with Gasteiger partial charge in [0, 0.05) is 31.2 Å². The molecule has 0 spiro atoms. The molecule has 4 rings (SSSR count). The van der Waals surface area contributed by atoms with Gasteiger partial charge in [-0.25, -0.2) is 4.68 Å². The summed E-state index contributed by atoms with van der Waals surface area (Å²) in [6, 6.07) is 9.68. The lowest BCUT2D eigenvalue weighted by Crippen LogP contribution is -2.40. The van der Waals surface area contributed by atoms with E-state index in [0.29, 0.717) is 18.8 Å². The van der Waals surface area contributed by atoms with Crippen LogP contribution in [-0.4, -0.2) is 67.8 Å². The van der Waals surface area contributed by atoms with E-state index in [1.54, 1.807) is 15.8 Å². The zero-order chi connectivity index (χ0) is 20.4. The molecule has 2 amide bonds. The van der Waals surface area contributed by atoms with Gasteiger partial charge >= 0.3 is 0 Å². The van der Waals surface area contributed by atoms with Crippen molar-refractivity contribution in [3.63, 3.8) is 0 Å². The van der Waals surface area contributed by atoms with Crippen LogP contribution in [0.25, 0.3) is 16.6 Å². The summed E-state index contributed by atoms with van der Waals surface area (Å²) in [5.41, 5.74) is 2.47. The second-order valence-corrected chi connectivity index (χ2v) is 7.25. The minimum absolute atomic E-state index is 0.0130. The molecule has 3 aromatic rings.